The molecular formula is C15H13N3O2S. The standard InChI is InChI=1S/C15H13N3O2S/c1-3-12-5-4-11(7-14(12)18(19)20)6-13(8-16)15-17-10(2)9-21-15/h4-7,9H,3H2,1-2H3. The van der Waals surface area contributed by atoms with Gasteiger partial charge in [-0.25, -0.2) is 4.98 Å². The quantitative estimate of drug-likeness (QED) is 0.485. The molecule has 0 spiro atoms. The Morgan fingerprint density at radius 1 is 1.57 bits per heavy atom. The maximum Gasteiger partial charge on any atom is 0.273 e. The molecule has 106 valence electrons. The van der Waals surface area contributed by atoms with Gasteiger partial charge in [0.1, 0.15) is 11.1 Å². The smallest absolute Gasteiger partial charge is 0.258 e. The summed E-state index contributed by atoms with van der Waals surface area (Å²) in [4.78, 5) is 14.9. The van der Waals surface area contributed by atoms with Crippen LogP contribution in [0.1, 0.15) is 28.8 Å². The van der Waals surface area contributed by atoms with Crippen LogP contribution in [0.4, 0.5) is 5.69 Å². The Morgan fingerprint density at radius 3 is 2.86 bits per heavy atom. The zero-order valence-corrected chi connectivity index (χ0v) is 12.5. The number of aromatic nitrogens is 1. The lowest BCUT2D eigenvalue weighted by molar-refractivity contribution is -0.385. The van der Waals surface area contributed by atoms with Crippen LogP contribution in [0.25, 0.3) is 11.6 Å². The maximum atomic E-state index is 11.1. The minimum Gasteiger partial charge on any atom is -0.258 e. The van der Waals surface area contributed by atoms with Crippen LogP contribution in [-0.4, -0.2) is 9.91 Å². The molecule has 1 heterocycles. The Labute approximate surface area is 126 Å². The van der Waals surface area contributed by atoms with Gasteiger partial charge in [0, 0.05) is 22.7 Å². The molecule has 0 amide bonds. The number of allylic oxidation sites excluding steroid dienone is 1. The zero-order chi connectivity index (χ0) is 15.4. The lowest BCUT2D eigenvalue weighted by Gasteiger charge is -2.01. The van der Waals surface area contributed by atoms with Gasteiger partial charge in [0.25, 0.3) is 5.69 Å². The molecule has 0 fully saturated rings. The first-order chi connectivity index (χ1) is 10.0. The van der Waals surface area contributed by atoms with E-state index in [9.17, 15) is 15.4 Å². The van der Waals surface area contributed by atoms with Crippen molar-refractivity contribution in [2.45, 2.75) is 20.3 Å². The molecule has 0 aliphatic heterocycles. The first-order valence-corrected chi connectivity index (χ1v) is 7.24. The van der Waals surface area contributed by atoms with E-state index in [0.717, 1.165) is 5.69 Å². The van der Waals surface area contributed by atoms with E-state index in [-0.39, 0.29) is 5.69 Å². The minimum atomic E-state index is -0.393. The third kappa shape index (κ3) is 3.33. The summed E-state index contributed by atoms with van der Waals surface area (Å²) in [6.45, 7) is 3.73. The first-order valence-electron chi connectivity index (χ1n) is 6.36. The van der Waals surface area contributed by atoms with Gasteiger partial charge < -0.3 is 0 Å². The Hall–Kier alpha value is -2.52. The van der Waals surface area contributed by atoms with Gasteiger partial charge in [-0.1, -0.05) is 19.1 Å². The second kappa shape index (κ2) is 6.29. The number of benzene rings is 1. The van der Waals surface area contributed by atoms with Gasteiger partial charge >= 0.3 is 0 Å². The van der Waals surface area contributed by atoms with Crippen molar-refractivity contribution in [3.05, 3.63) is 55.5 Å². The third-order valence-electron chi connectivity index (χ3n) is 2.97. The third-order valence-corrected chi connectivity index (χ3v) is 3.96. The molecule has 0 aliphatic rings. The van der Waals surface area contributed by atoms with Gasteiger partial charge in [-0.05, 0) is 25.0 Å². The van der Waals surface area contributed by atoms with Crippen LogP contribution in [0, 0.1) is 28.4 Å². The number of hydrogen-bond acceptors (Lipinski definition) is 5. The van der Waals surface area contributed by atoms with E-state index >= 15 is 0 Å². The predicted molar refractivity (Wildman–Crippen MR) is 82.8 cm³/mol. The van der Waals surface area contributed by atoms with Crippen molar-refractivity contribution in [3.8, 4) is 6.07 Å². The highest BCUT2D eigenvalue weighted by atomic mass is 32.1. The van der Waals surface area contributed by atoms with Crippen molar-refractivity contribution in [1.29, 1.82) is 5.26 Å². The van der Waals surface area contributed by atoms with Gasteiger partial charge in [0.05, 0.1) is 10.5 Å². The molecule has 0 aliphatic carbocycles. The van der Waals surface area contributed by atoms with Crippen LogP contribution in [0.5, 0.6) is 0 Å². The fourth-order valence-electron chi connectivity index (χ4n) is 1.93. The number of rotatable bonds is 4. The maximum absolute atomic E-state index is 11.1. The summed E-state index contributed by atoms with van der Waals surface area (Å²) in [6, 6.07) is 7.10. The summed E-state index contributed by atoms with van der Waals surface area (Å²) in [5.41, 5.74) is 2.65. The van der Waals surface area contributed by atoms with Crippen LogP contribution in [0.2, 0.25) is 0 Å². The van der Waals surface area contributed by atoms with Gasteiger partial charge in [-0.15, -0.1) is 11.3 Å². The lowest BCUT2D eigenvalue weighted by atomic mass is 10.1. The molecule has 2 rings (SSSR count). The highest BCUT2D eigenvalue weighted by molar-refractivity contribution is 7.11. The summed E-state index contributed by atoms with van der Waals surface area (Å²) in [7, 11) is 0. The lowest BCUT2D eigenvalue weighted by Crippen LogP contribution is -1.95. The van der Waals surface area contributed by atoms with Gasteiger partial charge in [0.15, 0.2) is 0 Å². The van der Waals surface area contributed by atoms with Crippen LogP contribution in [0.15, 0.2) is 23.6 Å². The molecule has 6 heteroatoms. The van der Waals surface area contributed by atoms with Crippen molar-refractivity contribution >= 4 is 28.7 Å². The molecule has 0 atom stereocenters. The van der Waals surface area contributed by atoms with Crippen molar-refractivity contribution in [2.75, 3.05) is 0 Å². The van der Waals surface area contributed by atoms with Crippen molar-refractivity contribution < 1.29 is 4.92 Å². The number of hydrogen-bond donors (Lipinski definition) is 0. The van der Waals surface area contributed by atoms with Crippen LogP contribution < -0.4 is 0 Å². The molecule has 5 nitrogen and oxygen atoms in total. The highest BCUT2D eigenvalue weighted by Crippen LogP contribution is 2.25. The molecular weight excluding hydrogens is 286 g/mol. The summed E-state index contributed by atoms with van der Waals surface area (Å²) >= 11 is 1.38. The van der Waals surface area contributed by atoms with Gasteiger partial charge in [0.2, 0.25) is 0 Å². The van der Waals surface area contributed by atoms with E-state index in [1.807, 2.05) is 19.2 Å². The van der Waals surface area contributed by atoms with E-state index in [1.165, 1.54) is 17.4 Å². The summed E-state index contributed by atoms with van der Waals surface area (Å²) in [6.07, 6.45) is 2.22. The molecule has 1 aromatic carbocycles. The number of nitro benzene ring substituents is 1. The largest absolute Gasteiger partial charge is 0.273 e. The first kappa shape index (κ1) is 14.9. The average Bonchev–Trinajstić information content (AvgIpc) is 2.90. The summed E-state index contributed by atoms with van der Waals surface area (Å²) < 4.78 is 0. The molecule has 0 unspecified atom stereocenters. The van der Waals surface area contributed by atoms with Gasteiger partial charge in [-0.3, -0.25) is 10.1 Å². The van der Waals surface area contributed by atoms with E-state index in [2.05, 4.69) is 11.1 Å². The number of aryl methyl sites for hydroxylation is 2. The van der Waals surface area contributed by atoms with Gasteiger partial charge in [-0.2, -0.15) is 5.26 Å². The fourth-order valence-corrected chi connectivity index (χ4v) is 2.69. The monoisotopic (exact) mass is 299 g/mol. The number of nitro groups is 1. The van der Waals surface area contributed by atoms with Crippen molar-refractivity contribution in [1.82, 2.24) is 4.98 Å². The van der Waals surface area contributed by atoms with Crippen molar-refractivity contribution in [3.63, 3.8) is 0 Å². The Kier molecular flexibility index (Phi) is 4.45. The molecule has 0 saturated heterocycles. The second-order valence-corrected chi connectivity index (χ2v) is 5.32. The molecule has 1 aromatic heterocycles. The topological polar surface area (TPSA) is 79.8 Å². The number of thiazole rings is 1. The Morgan fingerprint density at radius 2 is 2.33 bits per heavy atom. The molecule has 2 aromatic rings. The zero-order valence-electron chi connectivity index (χ0n) is 11.7. The molecule has 0 radical (unpaired) electrons. The Balaban J connectivity index is 2.46. The van der Waals surface area contributed by atoms with E-state index in [0.29, 0.717) is 28.1 Å². The van der Waals surface area contributed by atoms with Crippen molar-refractivity contribution in [2.24, 2.45) is 0 Å². The minimum absolute atomic E-state index is 0.0823. The molecule has 0 saturated carbocycles. The SMILES string of the molecule is CCc1ccc(C=C(C#N)c2nc(C)cs2)cc1[N+](=O)[O-]. The predicted octanol–water partition coefficient (Wildman–Crippen LogP) is 3.99. The molecule has 0 bridgehead atoms. The van der Waals surface area contributed by atoms with E-state index in [1.54, 1.807) is 18.2 Å². The number of nitrogens with zero attached hydrogens (tertiary/aromatic N) is 3. The summed E-state index contributed by atoms with van der Waals surface area (Å²) in [5, 5.41) is 22.8. The Bertz CT molecular complexity index is 757. The van der Waals surface area contributed by atoms with Crippen LogP contribution in [-0.2, 0) is 6.42 Å². The highest BCUT2D eigenvalue weighted by Gasteiger charge is 2.13. The second-order valence-electron chi connectivity index (χ2n) is 4.46. The van der Waals surface area contributed by atoms with Crippen LogP contribution in [0.3, 0.4) is 0 Å². The van der Waals surface area contributed by atoms with E-state index < -0.39 is 4.92 Å². The molecule has 0 N–H and O–H groups in total. The fraction of sp³-hybridized carbons (Fsp3) is 0.200. The normalized spacial score (nSPS) is 11.2. The summed E-state index contributed by atoms with van der Waals surface area (Å²) in [5.74, 6) is 0. The number of nitriles is 1. The van der Waals surface area contributed by atoms with E-state index in [4.69, 9.17) is 0 Å². The van der Waals surface area contributed by atoms with Crippen LogP contribution >= 0.6 is 11.3 Å². The average molecular weight is 299 g/mol. The molecule has 21 heavy (non-hydrogen) atoms.